The van der Waals surface area contributed by atoms with Crippen molar-refractivity contribution in [2.45, 2.75) is 78.8 Å². The van der Waals surface area contributed by atoms with Crippen molar-refractivity contribution in [1.29, 1.82) is 0 Å². The van der Waals surface area contributed by atoms with Crippen LogP contribution in [0.25, 0.3) is 0 Å². The molecule has 118 valence electrons. The number of hydrogen-bond acceptors (Lipinski definition) is 1. The monoisotopic (exact) mass is 289 g/mol. The molecule has 0 bridgehead atoms. The van der Waals surface area contributed by atoms with Crippen LogP contribution in [0.2, 0.25) is 0 Å². The Kier molecular flexibility index (Phi) is 8.11. The molecule has 2 nitrogen and oxygen atoms in total. The average Bonchev–Trinajstić information content (AvgIpc) is 2.45. The second kappa shape index (κ2) is 9.59. The summed E-state index contributed by atoms with van der Waals surface area (Å²) in [7, 11) is 0. The van der Waals surface area contributed by atoms with Crippen molar-refractivity contribution in [1.82, 2.24) is 4.90 Å². The summed E-state index contributed by atoms with van der Waals surface area (Å²) in [6.45, 7) is 9.33. The van der Waals surface area contributed by atoms with E-state index in [0.29, 0.717) is 18.4 Å². The Labute approximate surface area is 130 Å². The lowest BCUT2D eigenvalue weighted by molar-refractivity contribution is -0.134. The van der Waals surface area contributed by atoms with E-state index in [1.807, 2.05) is 0 Å². The lowest BCUT2D eigenvalue weighted by Gasteiger charge is -2.30. The molecule has 0 saturated heterocycles. The Bertz CT molecular complexity index is 427. The van der Waals surface area contributed by atoms with Crippen molar-refractivity contribution in [2.75, 3.05) is 0 Å². The highest BCUT2D eigenvalue weighted by molar-refractivity contribution is 5.76. The number of carbonyl (C=O) groups is 1. The number of aryl methyl sites for hydroxylation is 1. The molecule has 1 rings (SSSR count). The summed E-state index contributed by atoms with van der Waals surface area (Å²) < 4.78 is 0. The minimum atomic E-state index is 0.294. The molecule has 1 amide bonds. The minimum Gasteiger partial charge on any atom is -0.336 e. The molecular formula is C19H31NO. The van der Waals surface area contributed by atoms with E-state index in [4.69, 9.17) is 0 Å². The Morgan fingerprint density at radius 3 is 2.57 bits per heavy atom. The lowest BCUT2D eigenvalue weighted by Crippen LogP contribution is -2.38. The van der Waals surface area contributed by atoms with Gasteiger partial charge in [0, 0.05) is 19.0 Å². The third-order valence-electron chi connectivity index (χ3n) is 3.98. The van der Waals surface area contributed by atoms with E-state index in [-0.39, 0.29) is 0 Å². The van der Waals surface area contributed by atoms with Crippen LogP contribution in [-0.2, 0) is 11.3 Å². The highest BCUT2D eigenvalue weighted by Crippen LogP contribution is 2.16. The Morgan fingerprint density at radius 1 is 1.19 bits per heavy atom. The van der Waals surface area contributed by atoms with E-state index in [1.165, 1.54) is 30.4 Å². The summed E-state index contributed by atoms with van der Waals surface area (Å²) in [5.74, 6) is 0.294. The number of hydrogen-bond donors (Lipinski definition) is 0. The maximum Gasteiger partial charge on any atom is 0.223 e. The zero-order valence-electron chi connectivity index (χ0n) is 14.2. The number of nitrogens with zero attached hydrogens (tertiary/aromatic N) is 1. The number of unbranched alkanes of at least 4 members (excludes halogenated alkanes) is 2. The van der Waals surface area contributed by atoms with Gasteiger partial charge in [0.1, 0.15) is 0 Å². The van der Waals surface area contributed by atoms with E-state index in [0.717, 1.165) is 19.4 Å². The SMILES string of the molecule is CCCCCC(C)N(Cc1cccc(C)c1)C(=O)CCC. The van der Waals surface area contributed by atoms with Crippen molar-refractivity contribution in [3.63, 3.8) is 0 Å². The molecule has 0 spiro atoms. The summed E-state index contributed by atoms with van der Waals surface area (Å²) in [4.78, 5) is 14.5. The fourth-order valence-electron chi connectivity index (χ4n) is 2.70. The first-order valence-corrected chi connectivity index (χ1v) is 8.43. The van der Waals surface area contributed by atoms with E-state index in [1.54, 1.807) is 0 Å². The molecule has 0 aliphatic heterocycles. The Balaban J connectivity index is 2.74. The van der Waals surface area contributed by atoms with Gasteiger partial charge in [-0.25, -0.2) is 0 Å². The topological polar surface area (TPSA) is 20.3 Å². The van der Waals surface area contributed by atoms with E-state index in [9.17, 15) is 4.79 Å². The molecule has 0 heterocycles. The van der Waals surface area contributed by atoms with Crippen LogP contribution in [0, 0.1) is 6.92 Å². The maximum atomic E-state index is 12.4. The molecule has 0 N–H and O–H groups in total. The fourth-order valence-corrected chi connectivity index (χ4v) is 2.70. The standard InChI is InChI=1S/C19H31NO/c1-5-7-8-12-17(4)20(19(21)10-6-2)15-18-13-9-11-16(3)14-18/h9,11,13-14,17H,5-8,10,12,15H2,1-4H3. The van der Waals surface area contributed by atoms with Crippen LogP contribution in [0.3, 0.4) is 0 Å². The van der Waals surface area contributed by atoms with Gasteiger partial charge in [-0.1, -0.05) is 62.9 Å². The summed E-state index contributed by atoms with van der Waals surface area (Å²) in [6, 6.07) is 8.82. The van der Waals surface area contributed by atoms with Crippen LogP contribution >= 0.6 is 0 Å². The summed E-state index contributed by atoms with van der Waals surface area (Å²) in [5, 5.41) is 0. The van der Waals surface area contributed by atoms with Gasteiger partial charge in [-0.15, -0.1) is 0 Å². The molecule has 1 atom stereocenters. The number of amides is 1. The normalized spacial score (nSPS) is 12.2. The van der Waals surface area contributed by atoms with Gasteiger partial charge in [0.15, 0.2) is 0 Å². The van der Waals surface area contributed by atoms with Crippen molar-refractivity contribution in [2.24, 2.45) is 0 Å². The van der Waals surface area contributed by atoms with Crippen LogP contribution in [-0.4, -0.2) is 16.8 Å². The molecule has 0 fully saturated rings. The van der Waals surface area contributed by atoms with E-state index in [2.05, 4.69) is 56.9 Å². The summed E-state index contributed by atoms with van der Waals surface area (Å²) in [5.41, 5.74) is 2.50. The van der Waals surface area contributed by atoms with Gasteiger partial charge >= 0.3 is 0 Å². The molecule has 0 aliphatic rings. The maximum absolute atomic E-state index is 12.4. The predicted octanol–water partition coefficient (Wildman–Crippen LogP) is 5.09. The molecule has 0 aliphatic carbocycles. The van der Waals surface area contributed by atoms with Crippen molar-refractivity contribution >= 4 is 5.91 Å². The Morgan fingerprint density at radius 2 is 1.95 bits per heavy atom. The molecule has 1 unspecified atom stereocenters. The van der Waals surface area contributed by atoms with Crippen molar-refractivity contribution in [3.05, 3.63) is 35.4 Å². The largest absolute Gasteiger partial charge is 0.336 e. The Hall–Kier alpha value is -1.31. The second-order valence-electron chi connectivity index (χ2n) is 6.11. The number of carbonyl (C=O) groups excluding carboxylic acids is 1. The van der Waals surface area contributed by atoms with Gasteiger partial charge in [-0.2, -0.15) is 0 Å². The van der Waals surface area contributed by atoms with Crippen molar-refractivity contribution < 1.29 is 4.79 Å². The highest BCUT2D eigenvalue weighted by Gasteiger charge is 2.19. The van der Waals surface area contributed by atoms with E-state index >= 15 is 0 Å². The molecular weight excluding hydrogens is 258 g/mol. The van der Waals surface area contributed by atoms with Gasteiger partial charge in [-0.3, -0.25) is 4.79 Å². The zero-order chi connectivity index (χ0) is 15.7. The molecule has 0 radical (unpaired) electrons. The van der Waals surface area contributed by atoms with Crippen LogP contribution in [0.4, 0.5) is 0 Å². The van der Waals surface area contributed by atoms with Gasteiger partial charge in [0.2, 0.25) is 5.91 Å². The van der Waals surface area contributed by atoms with Crippen LogP contribution in [0.15, 0.2) is 24.3 Å². The highest BCUT2D eigenvalue weighted by atomic mass is 16.2. The predicted molar refractivity (Wildman–Crippen MR) is 90.2 cm³/mol. The van der Waals surface area contributed by atoms with E-state index < -0.39 is 0 Å². The smallest absolute Gasteiger partial charge is 0.223 e. The second-order valence-corrected chi connectivity index (χ2v) is 6.11. The summed E-state index contributed by atoms with van der Waals surface area (Å²) in [6.07, 6.45) is 6.38. The third kappa shape index (κ3) is 6.33. The molecule has 0 aromatic heterocycles. The summed E-state index contributed by atoms with van der Waals surface area (Å²) >= 11 is 0. The molecule has 21 heavy (non-hydrogen) atoms. The lowest BCUT2D eigenvalue weighted by atomic mass is 10.1. The van der Waals surface area contributed by atoms with Gasteiger partial charge in [0.05, 0.1) is 0 Å². The minimum absolute atomic E-state index is 0.294. The number of rotatable bonds is 9. The quantitative estimate of drug-likeness (QED) is 0.580. The fraction of sp³-hybridized carbons (Fsp3) is 0.632. The molecule has 1 aromatic carbocycles. The molecule has 2 heteroatoms. The molecule has 0 saturated carbocycles. The number of benzene rings is 1. The zero-order valence-corrected chi connectivity index (χ0v) is 14.2. The van der Waals surface area contributed by atoms with Crippen LogP contribution in [0.1, 0.15) is 70.4 Å². The van der Waals surface area contributed by atoms with Crippen molar-refractivity contribution in [3.8, 4) is 0 Å². The first kappa shape index (κ1) is 17.7. The molecule has 1 aromatic rings. The van der Waals surface area contributed by atoms with Crippen LogP contribution in [0.5, 0.6) is 0 Å². The first-order valence-electron chi connectivity index (χ1n) is 8.43. The van der Waals surface area contributed by atoms with Gasteiger partial charge in [0.25, 0.3) is 0 Å². The van der Waals surface area contributed by atoms with Gasteiger partial charge in [-0.05, 0) is 32.3 Å². The van der Waals surface area contributed by atoms with Gasteiger partial charge < -0.3 is 4.90 Å². The van der Waals surface area contributed by atoms with Crippen LogP contribution < -0.4 is 0 Å². The third-order valence-corrected chi connectivity index (χ3v) is 3.98. The first-order chi connectivity index (χ1) is 10.1. The average molecular weight is 289 g/mol.